The fraction of sp³-hybridized carbons (Fsp3) is 0.391. The van der Waals surface area contributed by atoms with Gasteiger partial charge in [0, 0.05) is 34.6 Å². The smallest absolute Gasteiger partial charge is 0.254 e. The van der Waals surface area contributed by atoms with E-state index in [-0.39, 0.29) is 17.1 Å². The third-order valence-electron chi connectivity index (χ3n) is 5.29. The van der Waals surface area contributed by atoms with Crippen molar-refractivity contribution in [2.45, 2.75) is 46.2 Å². The number of hydrogen-bond acceptors (Lipinski definition) is 5. The molecule has 0 saturated heterocycles. The number of carbonyl (C=O) groups excluding carboxylic acids is 1. The summed E-state index contributed by atoms with van der Waals surface area (Å²) < 4.78 is 17.6. The summed E-state index contributed by atoms with van der Waals surface area (Å²) in [5.74, 6) is 0.252. The molecule has 0 atom stereocenters. The zero-order valence-electron chi connectivity index (χ0n) is 18.6. The van der Waals surface area contributed by atoms with Gasteiger partial charge < -0.3 is 20.9 Å². The molecule has 2 aromatic heterocycles. The number of hydrogen-bond donors (Lipinski definition) is 3. The highest BCUT2D eigenvalue weighted by molar-refractivity contribution is 14.1. The third kappa shape index (κ3) is 4.84. The SMILES string of the molecule is CC(C)(N)CNC(=O)c1c(Nc2ccc(I)cc2F)sc2c1CC(C)(C)Cn1ccnc1-2. The van der Waals surface area contributed by atoms with Gasteiger partial charge in [0.25, 0.3) is 5.91 Å². The van der Waals surface area contributed by atoms with Crippen molar-refractivity contribution >= 4 is 50.5 Å². The number of nitrogens with zero attached hydrogens (tertiary/aromatic N) is 2. The molecule has 4 N–H and O–H groups in total. The van der Waals surface area contributed by atoms with E-state index < -0.39 is 5.54 Å². The number of carbonyl (C=O) groups is 1. The van der Waals surface area contributed by atoms with Crippen LogP contribution in [0.25, 0.3) is 10.7 Å². The normalized spacial score (nSPS) is 15.0. The number of halogens is 2. The van der Waals surface area contributed by atoms with Gasteiger partial charge in [0.15, 0.2) is 0 Å². The van der Waals surface area contributed by atoms with E-state index in [1.165, 1.54) is 17.4 Å². The summed E-state index contributed by atoms with van der Waals surface area (Å²) in [5, 5.41) is 6.76. The van der Waals surface area contributed by atoms with Gasteiger partial charge in [-0.15, -0.1) is 11.3 Å². The Balaban J connectivity index is 1.85. The van der Waals surface area contributed by atoms with Gasteiger partial charge in [0.1, 0.15) is 16.6 Å². The summed E-state index contributed by atoms with van der Waals surface area (Å²) in [7, 11) is 0. The van der Waals surface area contributed by atoms with Crippen LogP contribution in [0.1, 0.15) is 43.6 Å². The van der Waals surface area contributed by atoms with E-state index in [0.29, 0.717) is 29.2 Å². The summed E-state index contributed by atoms with van der Waals surface area (Å²) in [6, 6.07) is 4.99. The number of anilines is 2. The number of nitrogens with two attached hydrogens (primary N) is 1. The summed E-state index contributed by atoms with van der Waals surface area (Å²) >= 11 is 3.51. The van der Waals surface area contributed by atoms with Crippen LogP contribution < -0.4 is 16.4 Å². The van der Waals surface area contributed by atoms with Crippen LogP contribution in [0.3, 0.4) is 0 Å². The zero-order valence-corrected chi connectivity index (χ0v) is 21.5. The maximum absolute atomic E-state index is 14.6. The monoisotopic (exact) mass is 567 g/mol. The van der Waals surface area contributed by atoms with Crippen molar-refractivity contribution in [3.63, 3.8) is 0 Å². The summed E-state index contributed by atoms with van der Waals surface area (Å²) in [5.41, 5.74) is 7.27. The molecule has 3 aromatic rings. The van der Waals surface area contributed by atoms with E-state index in [4.69, 9.17) is 5.73 Å². The second-order valence-electron chi connectivity index (χ2n) is 9.75. The Bertz CT molecular complexity index is 1180. The molecule has 0 aliphatic carbocycles. The van der Waals surface area contributed by atoms with Crippen molar-refractivity contribution in [2.75, 3.05) is 11.9 Å². The molecule has 1 aliphatic rings. The van der Waals surface area contributed by atoms with E-state index >= 15 is 0 Å². The molecule has 0 saturated carbocycles. The molecule has 0 spiro atoms. The van der Waals surface area contributed by atoms with Crippen molar-refractivity contribution in [3.8, 4) is 10.7 Å². The van der Waals surface area contributed by atoms with Crippen molar-refractivity contribution < 1.29 is 9.18 Å². The van der Waals surface area contributed by atoms with Crippen molar-refractivity contribution in [1.82, 2.24) is 14.9 Å². The number of amides is 1. The number of fused-ring (bicyclic) bond motifs is 3. The van der Waals surface area contributed by atoms with Crippen molar-refractivity contribution in [1.29, 1.82) is 0 Å². The average molecular weight is 567 g/mol. The molecule has 0 bridgehead atoms. The highest BCUT2D eigenvalue weighted by atomic mass is 127. The molecule has 9 heteroatoms. The predicted octanol–water partition coefficient (Wildman–Crippen LogP) is 5.15. The molecule has 32 heavy (non-hydrogen) atoms. The standard InChI is InChI=1S/C23H27FIN5OS/c1-22(2)10-14-17(20(31)28-11-23(3,4)26)21(29-16-6-5-13(25)9-15(16)24)32-18(14)19-27-7-8-30(19)12-22/h5-9,29H,10-12,26H2,1-4H3,(H,28,31). The largest absolute Gasteiger partial charge is 0.350 e. The van der Waals surface area contributed by atoms with Crippen LogP contribution in [0.2, 0.25) is 0 Å². The molecule has 0 radical (unpaired) electrons. The van der Waals surface area contributed by atoms with Gasteiger partial charge in [0.05, 0.1) is 16.1 Å². The van der Waals surface area contributed by atoms with Crippen LogP contribution in [-0.4, -0.2) is 27.5 Å². The minimum absolute atomic E-state index is 0.0880. The van der Waals surface area contributed by atoms with Crippen molar-refractivity contribution in [2.24, 2.45) is 11.1 Å². The second kappa shape index (κ2) is 8.42. The quantitative estimate of drug-likeness (QED) is 0.373. The second-order valence-corrected chi connectivity index (χ2v) is 12.0. The van der Waals surface area contributed by atoms with Gasteiger partial charge >= 0.3 is 0 Å². The van der Waals surface area contributed by atoms with Crippen LogP contribution in [0, 0.1) is 14.8 Å². The van der Waals surface area contributed by atoms with Gasteiger partial charge in [-0.1, -0.05) is 13.8 Å². The number of thiophene rings is 1. The van der Waals surface area contributed by atoms with E-state index in [1.54, 1.807) is 12.3 Å². The van der Waals surface area contributed by atoms with Gasteiger partial charge in [-0.25, -0.2) is 9.37 Å². The minimum atomic E-state index is -0.548. The molecule has 0 unspecified atom stereocenters. The number of benzene rings is 1. The first-order valence-electron chi connectivity index (χ1n) is 10.4. The summed E-state index contributed by atoms with van der Waals surface area (Å²) in [6.45, 7) is 9.21. The van der Waals surface area contributed by atoms with Crippen LogP contribution in [0.5, 0.6) is 0 Å². The average Bonchev–Trinajstić information content (AvgIpc) is 3.22. The Kier molecular flexibility index (Phi) is 6.10. The molecule has 1 aliphatic heterocycles. The molecule has 1 aromatic carbocycles. The van der Waals surface area contributed by atoms with Crippen LogP contribution >= 0.6 is 33.9 Å². The first kappa shape index (κ1) is 23.2. The maximum Gasteiger partial charge on any atom is 0.254 e. The number of rotatable bonds is 5. The molecular formula is C23H27FIN5OS. The number of aromatic nitrogens is 2. The Morgan fingerprint density at radius 2 is 2.16 bits per heavy atom. The first-order valence-corrected chi connectivity index (χ1v) is 12.3. The number of imidazole rings is 1. The minimum Gasteiger partial charge on any atom is -0.350 e. The fourth-order valence-electron chi connectivity index (χ4n) is 3.89. The fourth-order valence-corrected chi connectivity index (χ4v) is 5.59. The summed E-state index contributed by atoms with van der Waals surface area (Å²) in [4.78, 5) is 18.9. The highest BCUT2D eigenvalue weighted by Gasteiger charge is 2.34. The van der Waals surface area contributed by atoms with E-state index in [1.807, 2.05) is 26.1 Å². The molecule has 1 amide bonds. The molecule has 170 valence electrons. The molecule has 0 fully saturated rings. The first-order chi connectivity index (χ1) is 14.9. The van der Waals surface area contributed by atoms with Crippen molar-refractivity contribution in [3.05, 3.63) is 51.1 Å². The van der Waals surface area contributed by atoms with Crippen LogP contribution in [0.15, 0.2) is 30.6 Å². The maximum atomic E-state index is 14.6. The lowest BCUT2D eigenvalue weighted by Gasteiger charge is -2.24. The Hall–Kier alpha value is -1.98. The lowest BCUT2D eigenvalue weighted by molar-refractivity contribution is 0.0946. The Morgan fingerprint density at radius 3 is 2.84 bits per heavy atom. The Morgan fingerprint density at radius 1 is 1.41 bits per heavy atom. The lowest BCUT2D eigenvalue weighted by Crippen LogP contribution is -2.45. The number of nitrogens with one attached hydrogen (secondary N) is 2. The zero-order chi connectivity index (χ0) is 23.3. The van der Waals surface area contributed by atoms with E-state index in [9.17, 15) is 9.18 Å². The molecule has 6 nitrogen and oxygen atoms in total. The summed E-state index contributed by atoms with van der Waals surface area (Å²) in [6.07, 6.45) is 4.45. The Labute approximate surface area is 204 Å². The molecule has 3 heterocycles. The lowest BCUT2D eigenvalue weighted by atomic mass is 9.85. The molecular weight excluding hydrogens is 540 g/mol. The van der Waals surface area contributed by atoms with E-state index in [0.717, 1.165) is 26.4 Å². The van der Waals surface area contributed by atoms with Crippen LogP contribution in [0.4, 0.5) is 15.1 Å². The van der Waals surface area contributed by atoms with Gasteiger partial charge in [0.2, 0.25) is 0 Å². The highest BCUT2D eigenvalue weighted by Crippen LogP contribution is 2.46. The third-order valence-corrected chi connectivity index (χ3v) is 7.10. The van der Waals surface area contributed by atoms with Gasteiger partial charge in [-0.3, -0.25) is 4.79 Å². The van der Waals surface area contributed by atoms with Gasteiger partial charge in [-0.05, 0) is 72.0 Å². The van der Waals surface area contributed by atoms with E-state index in [2.05, 4.69) is 56.6 Å². The topological polar surface area (TPSA) is 85.0 Å². The van der Waals surface area contributed by atoms with Crippen LogP contribution in [-0.2, 0) is 13.0 Å². The predicted molar refractivity (Wildman–Crippen MR) is 136 cm³/mol. The molecule has 4 rings (SSSR count). The van der Waals surface area contributed by atoms with Gasteiger partial charge in [-0.2, -0.15) is 0 Å².